The zero-order valence-corrected chi connectivity index (χ0v) is 19.1. The molecule has 0 atom stereocenters. The van der Waals surface area contributed by atoms with Crippen LogP contribution in [0.4, 0.5) is 0 Å². The molecule has 1 fully saturated rings. The summed E-state index contributed by atoms with van der Waals surface area (Å²) in [5.41, 5.74) is 3.02. The van der Waals surface area contributed by atoms with Crippen LogP contribution in [0.1, 0.15) is 16.7 Å². The van der Waals surface area contributed by atoms with Crippen molar-refractivity contribution in [3.63, 3.8) is 0 Å². The second-order valence-electron chi connectivity index (χ2n) is 6.81. The van der Waals surface area contributed by atoms with Gasteiger partial charge in [0, 0.05) is 46.3 Å². The Bertz CT molecular complexity index is 849. The van der Waals surface area contributed by atoms with E-state index in [4.69, 9.17) is 5.26 Å². The van der Waals surface area contributed by atoms with Crippen molar-refractivity contribution in [2.75, 3.05) is 39.8 Å². The maximum atomic E-state index is 9.03. The van der Waals surface area contributed by atoms with Gasteiger partial charge in [0.2, 0.25) is 0 Å². The largest absolute Gasteiger partial charge is 0.352 e. The van der Waals surface area contributed by atoms with E-state index in [1.165, 1.54) is 5.56 Å². The maximum absolute atomic E-state index is 9.03. The van der Waals surface area contributed by atoms with Gasteiger partial charge in [0.1, 0.15) is 0 Å². The molecule has 0 aromatic heterocycles. The highest BCUT2D eigenvalue weighted by Gasteiger charge is 2.18. The number of nitrogens with zero attached hydrogens (tertiary/aromatic N) is 4. The van der Waals surface area contributed by atoms with Gasteiger partial charge < -0.3 is 10.2 Å². The molecule has 1 saturated heterocycles. The Morgan fingerprint density at radius 2 is 1.86 bits per heavy atom. The molecule has 2 aromatic rings. The molecule has 152 valence electrons. The fourth-order valence-corrected chi connectivity index (χ4v) is 3.31. The molecule has 1 heterocycles. The van der Waals surface area contributed by atoms with Crippen molar-refractivity contribution in [1.29, 1.82) is 5.26 Å². The summed E-state index contributed by atoms with van der Waals surface area (Å²) in [7, 11) is 1.82. The highest BCUT2D eigenvalue weighted by molar-refractivity contribution is 14.0. The molecule has 6 heteroatoms. The average Bonchev–Trinajstić information content (AvgIpc) is 2.76. The first-order valence-corrected chi connectivity index (χ1v) is 9.67. The van der Waals surface area contributed by atoms with Gasteiger partial charge in [-0.15, -0.1) is 24.0 Å². The third-order valence-corrected chi connectivity index (χ3v) is 4.86. The molecule has 0 unspecified atom stereocenters. The topological polar surface area (TPSA) is 54.7 Å². The smallest absolute Gasteiger partial charge is 0.194 e. The Kier molecular flexibility index (Phi) is 9.68. The van der Waals surface area contributed by atoms with E-state index in [1.54, 1.807) is 0 Å². The van der Waals surface area contributed by atoms with Crippen LogP contribution in [0.2, 0.25) is 0 Å². The molecule has 1 N–H and O–H groups in total. The van der Waals surface area contributed by atoms with Gasteiger partial charge >= 0.3 is 0 Å². The number of hydrogen-bond acceptors (Lipinski definition) is 3. The SMILES string of the molecule is CN=C(NCc1cccc(C#N)c1)N1CCN(C/C=C/c2ccccc2)CC1.I. The zero-order chi connectivity index (χ0) is 19.6. The van der Waals surface area contributed by atoms with Gasteiger partial charge in [0.15, 0.2) is 5.96 Å². The summed E-state index contributed by atoms with van der Waals surface area (Å²) < 4.78 is 0. The number of hydrogen-bond donors (Lipinski definition) is 1. The first kappa shape index (κ1) is 22.9. The third kappa shape index (κ3) is 7.18. The molecule has 3 rings (SSSR count). The fraction of sp³-hybridized carbons (Fsp3) is 0.304. The van der Waals surface area contributed by atoms with E-state index in [9.17, 15) is 0 Å². The van der Waals surface area contributed by atoms with E-state index < -0.39 is 0 Å². The molecule has 0 spiro atoms. The lowest BCUT2D eigenvalue weighted by Gasteiger charge is -2.36. The molecule has 1 aliphatic heterocycles. The van der Waals surface area contributed by atoms with Gasteiger partial charge in [-0.05, 0) is 23.3 Å². The number of nitriles is 1. The fourth-order valence-electron chi connectivity index (χ4n) is 3.31. The Hall–Kier alpha value is -2.37. The predicted molar refractivity (Wildman–Crippen MR) is 130 cm³/mol. The summed E-state index contributed by atoms with van der Waals surface area (Å²) in [6.07, 6.45) is 4.42. The Labute approximate surface area is 190 Å². The number of rotatable bonds is 5. The van der Waals surface area contributed by atoms with Crippen LogP contribution in [0.25, 0.3) is 6.08 Å². The summed E-state index contributed by atoms with van der Waals surface area (Å²) >= 11 is 0. The predicted octanol–water partition coefficient (Wildman–Crippen LogP) is 3.58. The number of aliphatic imine (C=N–C) groups is 1. The Morgan fingerprint density at radius 1 is 1.10 bits per heavy atom. The highest BCUT2D eigenvalue weighted by atomic mass is 127. The number of guanidine groups is 1. The minimum Gasteiger partial charge on any atom is -0.352 e. The number of halogens is 1. The lowest BCUT2D eigenvalue weighted by molar-refractivity contribution is 0.194. The summed E-state index contributed by atoms with van der Waals surface area (Å²) in [5, 5.41) is 12.4. The van der Waals surface area contributed by atoms with E-state index in [-0.39, 0.29) is 24.0 Å². The quantitative estimate of drug-likeness (QED) is 0.387. The van der Waals surface area contributed by atoms with E-state index >= 15 is 0 Å². The van der Waals surface area contributed by atoms with Crippen LogP contribution in [0.5, 0.6) is 0 Å². The van der Waals surface area contributed by atoms with Crippen LogP contribution in [-0.4, -0.2) is 55.5 Å². The molecular formula is C23H28IN5. The highest BCUT2D eigenvalue weighted by Crippen LogP contribution is 2.07. The van der Waals surface area contributed by atoms with Crippen LogP contribution >= 0.6 is 24.0 Å². The van der Waals surface area contributed by atoms with Gasteiger partial charge in [-0.3, -0.25) is 9.89 Å². The minimum absolute atomic E-state index is 0. The Morgan fingerprint density at radius 3 is 2.55 bits per heavy atom. The Balaban J connectivity index is 0.00000300. The van der Waals surface area contributed by atoms with Crippen molar-refractivity contribution in [3.05, 3.63) is 77.4 Å². The van der Waals surface area contributed by atoms with Crippen molar-refractivity contribution in [1.82, 2.24) is 15.1 Å². The van der Waals surface area contributed by atoms with Crippen molar-refractivity contribution in [2.45, 2.75) is 6.54 Å². The second-order valence-corrected chi connectivity index (χ2v) is 6.81. The van der Waals surface area contributed by atoms with Crippen molar-refractivity contribution >= 4 is 36.0 Å². The summed E-state index contributed by atoms with van der Waals surface area (Å²) in [4.78, 5) is 9.19. The van der Waals surface area contributed by atoms with Gasteiger partial charge in [-0.2, -0.15) is 5.26 Å². The minimum atomic E-state index is 0. The van der Waals surface area contributed by atoms with Crippen molar-refractivity contribution in [2.24, 2.45) is 4.99 Å². The molecule has 0 bridgehead atoms. The molecular weight excluding hydrogens is 473 g/mol. The molecule has 0 amide bonds. The van der Waals surface area contributed by atoms with Crippen LogP contribution in [0.3, 0.4) is 0 Å². The normalized spacial score (nSPS) is 15.0. The molecule has 1 aliphatic rings. The van der Waals surface area contributed by atoms with Crippen LogP contribution in [-0.2, 0) is 6.54 Å². The van der Waals surface area contributed by atoms with Gasteiger partial charge in [0.05, 0.1) is 11.6 Å². The number of piperazine rings is 1. The maximum Gasteiger partial charge on any atom is 0.194 e. The molecule has 5 nitrogen and oxygen atoms in total. The monoisotopic (exact) mass is 501 g/mol. The molecule has 2 aromatic carbocycles. The molecule has 0 radical (unpaired) electrons. The van der Waals surface area contributed by atoms with Crippen LogP contribution in [0, 0.1) is 11.3 Å². The van der Waals surface area contributed by atoms with E-state index in [2.05, 4.69) is 62.6 Å². The van der Waals surface area contributed by atoms with Gasteiger partial charge in [-0.25, -0.2) is 0 Å². The third-order valence-electron chi connectivity index (χ3n) is 4.86. The van der Waals surface area contributed by atoms with Crippen molar-refractivity contribution < 1.29 is 0 Å². The van der Waals surface area contributed by atoms with Gasteiger partial charge in [-0.1, -0.05) is 54.6 Å². The first-order chi connectivity index (χ1) is 13.8. The summed E-state index contributed by atoms with van der Waals surface area (Å²) in [5.74, 6) is 0.918. The van der Waals surface area contributed by atoms with Crippen molar-refractivity contribution in [3.8, 4) is 6.07 Å². The molecule has 0 saturated carbocycles. The van der Waals surface area contributed by atoms with E-state index in [0.29, 0.717) is 12.1 Å². The first-order valence-electron chi connectivity index (χ1n) is 9.67. The van der Waals surface area contributed by atoms with E-state index in [1.807, 2.05) is 37.4 Å². The number of benzene rings is 2. The summed E-state index contributed by atoms with van der Waals surface area (Å²) in [6, 6.07) is 20.3. The molecule has 29 heavy (non-hydrogen) atoms. The number of nitrogens with one attached hydrogen (secondary N) is 1. The molecule has 0 aliphatic carbocycles. The summed E-state index contributed by atoms with van der Waals surface area (Å²) in [6.45, 7) is 5.58. The standard InChI is InChI=1S/C23H27N5.HI/c1-25-23(26-19-22-10-5-9-21(17-22)18-24)28-15-13-27(14-16-28)12-6-11-20-7-3-2-4-8-20;/h2-11,17H,12-16,19H2,1H3,(H,25,26);1H/b11-6+;. The zero-order valence-electron chi connectivity index (χ0n) is 16.8. The average molecular weight is 501 g/mol. The lowest BCUT2D eigenvalue weighted by atomic mass is 10.1. The van der Waals surface area contributed by atoms with Crippen LogP contribution in [0.15, 0.2) is 65.7 Å². The van der Waals surface area contributed by atoms with Crippen LogP contribution < -0.4 is 5.32 Å². The second kappa shape index (κ2) is 12.2. The van der Waals surface area contributed by atoms with Gasteiger partial charge in [0.25, 0.3) is 0 Å². The van der Waals surface area contributed by atoms with E-state index in [0.717, 1.165) is 44.2 Å². The lowest BCUT2D eigenvalue weighted by Crippen LogP contribution is -2.52.